The van der Waals surface area contributed by atoms with Crippen molar-refractivity contribution < 1.29 is 0 Å². The van der Waals surface area contributed by atoms with Gasteiger partial charge in [0.15, 0.2) is 0 Å². The van der Waals surface area contributed by atoms with Crippen LogP contribution in [0.5, 0.6) is 0 Å². The van der Waals surface area contributed by atoms with Crippen molar-refractivity contribution in [2.75, 3.05) is 13.1 Å². The van der Waals surface area contributed by atoms with Crippen LogP contribution in [0.1, 0.15) is 25.1 Å². The van der Waals surface area contributed by atoms with Gasteiger partial charge in [-0.25, -0.2) is 0 Å². The molecule has 0 atom stereocenters. The summed E-state index contributed by atoms with van der Waals surface area (Å²) >= 11 is 7.01. The Labute approximate surface area is 107 Å². The molecule has 0 fully saturated rings. The molecule has 0 spiro atoms. The number of pyridine rings is 1. The van der Waals surface area contributed by atoms with Crippen LogP contribution >= 0.6 is 24.0 Å². The lowest BCUT2D eigenvalue weighted by Crippen LogP contribution is -2.26. The maximum Gasteiger partial charge on any atom is 0.136 e. The summed E-state index contributed by atoms with van der Waals surface area (Å²) in [6.07, 6.45) is 1.79. The lowest BCUT2D eigenvalue weighted by molar-refractivity contribution is 0.482. The first-order valence-electron chi connectivity index (χ1n) is 5.36. The highest BCUT2D eigenvalue weighted by Gasteiger charge is 2.06. The van der Waals surface area contributed by atoms with Crippen LogP contribution in [0.2, 0.25) is 0 Å². The van der Waals surface area contributed by atoms with Gasteiger partial charge in [0.2, 0.25) is 0 Å². The smallest absolute Gasteiger partial charge is 0.136 e. The van der Waals surface area contributed by atoms with Gasteiger partial charge in [-0.15, -0.1) is 0 Å². The van der Waals surface area contributed by atoms with Gasteiger partial charge < -0.3 is 4.90 Å². The van der Waals surface area contributed by atoms with Crippen molar-refractivity contribution in [1.82, 2.24) is 9.88 Å². The second-order valence-corrected chi connectivity index (χ2v) is 4.99. The van der Waals surface area contributed by atoms with E-state index < -0.39 is 0 Å². The quantitative estimate of drug-likeness (QED) is 0.766. The number of thiocarbonyl (C=S) groups is 1. The molecule has 1 aromatic heterocycles. The fourth-order valence-corrected chi connectivity index (χ4v) is 2.57. The van der Waals surface area contributed by atoms with Crippen LogP contribution in [0.3, 0.4) is 0 Å². The molecular weight excluding hydrogens is 236 g/mol. The molecule has 0 saturated heterocycles. The molecule has 1 aromatic rings. The first-order chi connectivity index (χ1) is 7.67. The Kier molecular flexibility index (Phi) is 5.77. The highest BCUT2D eigenvalue weighted by molar-refractivity contribution is 8.22. The maximum atomic E-state index is 5.35. The molecule has 0 N–H and O–H groups in total. The van der Waals surface area contributed by atoms with Crippen molar-refractivity contribution in [3.63, 3.8) is 0 Å². The first kappa shape index (κ1) is 13.5. The third-order valence-electron chi connectivity index (χ3n) is 2.25. The Balaban J connectivity index is 2.45. The van der Waals surface area contributed by atoms with Gasteiger partial charge in [-0.3, -0.25) is 4.98 Å². The minimum Gasteiger partial charge on any atom is -0.358 e. The topological polar surface area (TPSA) is 16.1 Å². The molecule has 0 aliphatic rings. The van der Waals surface area contributed by atoms with Gasteiger partial charge in [0, 0.05) is 25.0 Å². The summed E-state index contributed by atoms with van der Waals surface area (Å²) in [5.74, 6) is 0.829. The molecule has 0 amide bonds. The Morgan fingerprint density at radius 3 is 2.62 bits per heavy atom. The highest BCUT2D eigenvalue weighted by Crippen LogP contribution is 2.15. The fraction of sp³-hybridized carbons (Fsp3) is 0.417. The number of nitrogens with zero attached hydrogens (tertiary/aromatic N) is 2. The van der Waals surface area contributed by atoms with Gasteiger partial charge in [-0.2, -0.15) is 0 Å². The van der Waals surface area contributed by atoms with E-state index >= 15 is 0 Å². The van der Waals surface area contributed by atoms with E-state index in [1.165, 1.54) is 0 Å². The first-order valence-corrected chi connectivity index (χ1v) is 6.75. The molecular formula is C12H17N2S2. The fourth-order valence-electron chi connectivity index (χ4n) is 1.25. The predicted molar refractivity (Wildman–Crippen MR) is 75.5 cm³/mol. The Bertz CT molecular complexity index is 331. The summed E-state index contributed by atoms with van der Waals surface area (Å²) in [5, 5.41) is 0. The number of rotatable bonds is 4. The van der Waals surface area contributed by atoms with Crippen molar-refractivity contribution >= 4 is 28.3 Å². The summed E-state index contributed by atoms with van der Waals surface area (Å²) in [6.45, 7) is 9.97. The monoisotopic (exact) mass is 253 g/mol. The molecule has 0 aliphatic heterocycles. The van der Waals surface area contributed by atoms with E-state index in [0.717, 1.165) is 34.4 Å². The standard InChI is InChI=1S/C12H17N2S2/c1-4-14(5-2)12(15)16-9-11-7-6-10(3)8-13-11/h6-8H,3-5,9H2,1-2H3. The van der Waals surface area contributed by atoms with E-state index in [1.54, 1.807) is 18.0 Å². The normalized spacial score (nSPS) is 10.2. The molecule has 0 aliphatic carbocycles. The van der Waals surface area contributed by atoms with E-state index in [-0.39, 0.29) is 0 Å². The largest absolute Gasteiger partial charge is 0.358 e. The highest BCUT2D eigenvalue weighted by atomic mass is 32.2. The summed E-state index contributed by atoms with van der Waals surface area (Å²) in [7, 11) is 0. The minimum atomic E-state index is 0.829. The molecule has 16 heavy (non-hydrogen) atoms. The SMILES string of the molecule is [CH2]c1ccc(CSC(=S)N(CC)CC)nc1. The van der Waals surface area contributed by atoms with E-state index in [1.807, 2.05) is 12.1 Å². The van der Waals surface area contributed by atoms with Gasteiger partial charge >= 0.3 is 0 Å². The molecule has 1 heterocycles. The van der Waals surface area contributed by atoms with E-state index in [2.05, 4.69) is 30.7 Å². The van der Waals surface area contributed by atoms with Gasteiger partial charge in [0.1, 0.15) is 4.32 Å². The van der Waals surface area contributed by atoms with Crippen molar-refractivity contribution in [1.29, 1.82) is 0 Å². The average molecular weight is 253 g/mol. The minimum absolute atomic E-state index is 0.829. The van der Waals surface area contributed by atoms with E-state index in [4.69, 9.17) is 12.2 Å². The predicted octanol–water partition coefficient (Wildman–Crippen LogP) is 3.12. The average Bonchev–Trinajstić information content (AvgIpc) is 2.30. The van der Waals surface area contributed by atoms with Crippen LogP contribution < -0.4 is 0 Å². The summed E-state index contributed by atoms with van der Waals surface area (Å²) < 4.78 is 0.950. The maximum absolute atomic E-state index is 5.35. The van der Waals surface area contributed by atoms with Crippen molar-refractivity contribution in [2.24, 2.45) is 0 Å². The summed E-state index contributed by atoms with van der Waals surface area (Å²) in [6, 6.07) is 3.98. The Hall–Kier alpha value is -0.610. The van der Waals surface area contributed by atoms with E-state index in [9.17, 15) is 0 Å². The number of aromatic nitrogens is 1. The van der Waals surface area contributed by atoms with Gasteiger partial charge in [0.25, 0.3) is 0 Å². The van der Waals surface area contributed by atoms with Crippen LogP contribution in [0.25, 0.3) is 0 Å². The van der Waals surface area contributed by atoms with Crippen molar-refractivity contribution in [2.45, 2.75) is 19.6 Å². The van der Waals surface area contributed by atoms with E-state index in [0.29, 0.717) is 0 Å². The zero-order chi connectivity index (χ0) is 12.0. The van der Waals surface area contributed by atoms with Gasteiger partial charge in [-0.05, 0) is 32.4 Å². The molecule has 1 radical (unpaired) electrons. The molecule has 87 valence electrons. The zero-order valence-corrected chi connectivity index (χ0v) is 11.4. The summed E-state index contributed by atoms with van der Waals surface area (Å²) in [5.41, 5.74) is 1.99. The Morgan fingerprint density at radius 2 is 2.12 bits per heavy atom. The molecule has 0 bridgehead atoms. The van der Waals surface area contributed by atoms with Crippen LogP contribution in [0.15, 0.2) is 18.3 Å². The van der Waals surface area contributed by atoms with Gasteiger partial charge in [0.05, 0.1) is 5.69 Å². The van der Waals surface area contributed by atoms with Crippen LogP contribution in [-0.2, 0) is 5.75 Å². The lowest BCUT2D eigenvalue weighted by atomic mass is 10.3. The molecule has 0 unspecified atom stereocenters. The zero-order valence-electron chi connectivity index (χ0n) is 9.77. The lowest BCUT2D eigenvalue weighted by Gasteiger charge is -2.20. The third-order valence-corrected chi connectivity index (χ3v) is 3.81. The molecule has 1 rings (SSSR count). The molecule has 4 heteroatoms. The second-order valence-electron chi connectivity index (χ2n) is 3.38. The summed E-state index contributed by atoms with van der Waals surface area (Å²) in [4.78, 5) is 6.48. The Morgan fingerprint density at radius 1 is 1.44 bits per heavy atom. The van der Waals surface area contributed by atoms with Gasteiger partial charge in [-0.1, -0.05) is 30.0 Å². The van der Waals surface area contributed by atoms with Crippen LogP contribution in [0, 0.1) is 6.92 Å². The molecule has 0 saturated carbocycles. The third kappa shape index (κ3) is 4.10. The van der Waals surface area contributed by atoms with Crippen molar-refractivity contribution in [3.8, 4) is 0 Å². The van der Waals surface area contributed by atoms with Crippen LogP contribution in [-0.4, -0.2) is 27.3 Å². The second kappa shape index (κ2) is 6.86. The van der Waals surface area contributed by atoms with Crippen LogP contribution in [0.4, 0.5) is 0 Å². The van der Waals surface area contributed by atoms with Crippen molar-refractivity contribution in [3.05, 3.63) is 36.5 Å². The number of hydrogen-bond donors (Lipinski definition) is 0. The molecule has 0 aromatic carbocycles. The number of hydrogen-bond acceptors (Lipinski definition) is 3. The number of thioether (sulfide) groups is 1. The molecule has 2 nitrogen and oxygen atoms in total.